The number of piperidine rings is 3. The van der Waals surface area contributed by atoms with Crippen LogP contribution in [0.1, 0.15) is 47.5 Å². The Hall–Kier alpha value is -1.31. The van der Waals surface area contributed by atoms with Crippen molar-refractivity contribution in [1.29, 1.82) is 0 Å². The van der Waals surface area contributed by atoms with Crippen LogP contribution in [0.25, 0.3) is 10.1 Å². The highest BCUT2D eigenvalue weighted by Crippen LogP contribution is 2.42. The molecule has 0 spiro atoms. The van der Waals surface area contributed by atoms with E-state index in [9.17, 15) is 18.0 Å². The molecule has 154 valence electrons. The number of rotatable bonds is 2. The zero-order valence-electron chi connectivity index (χ0n) is 16.0. The first-order valence-electron chi connectivity index (χ1n) is 9.25. The summed E-state index contributed by atoms with van der Waals surface area (Å²) in [4.78, 5) is 15.6. The Kier molecular flexibility index (Phi) is 5.49. The number of alkyl halides is 3. The van der Waals surface area contributed by atoms with E-state index in [1.165, 1.54) is 13.0 Å². The van der Waals surface area contributed by atoms with Crippen molar-refractivity contribution < 1.29 is 18.0 Å². The van der Waals surface area contributed by atoms with E-state index in [4.69, 9.17) is 0 Å². The van der Waals surface area contributed by atoms with Gasteiger partial charge in [0.05, 0.1) is 10.4 Å². The Morgan fingerprint density at radius 3 is 2.46 bits per heavy atom. The standard InChI is InChI=1S/C20H23F3N2OS.ClH/c1-11-4-5-13-10-14(27-16(13)15(11)20(21,22)23)18(26)24-17-12-6-8-25(9-7-12)19(17,2)3;/h4-5,10,12,17H,6-9H2,1-3H3,(H,24,26);1H. The van der Waals surface area contributed by atoms with Crippen LogP contribution in [0.15, 0.2) is 18.2 Å². The monoisotopic (exact) mass is 432 g/mol. The van der Waals surface area contributed by atoms with Gasteiger partial charge in [-0.25, -0.2) is 0 Å². The molecule has 0 saturated carbocycles. The highest BCUT2D eigenvalue weighted by molar-refractivity contribution is 7.21. The van der Waals surface area contributed by atoms with Crippen LogP contribution < -0.4 is 5.32 Å². The van der Waals surface area contributed by atoms with Gasteiger partial charge in [-0.05, 0) is 69.6 Å². The third-order valence-corrected chi connectivity index (χ3v) is 7.44. The van der Waals surface area contributed by atoms with Crippen molar-refractivity contribution in [3.8, 4) is 0 Å². The van der Waals surface area contributed by atoms with Crippen LogP contribution in [-0.4, -0.2) is 35.5 Å². The van der Waals surface area contributed by atoms with Gasteiger partial charge in [-0.3, -0.25) is 9.69 Å². The third-order valence-electron chi connectivity index (χ3n) is 6.28. The molecule has 1 aromatic carbocycles. The molecule has 3 nitrogen and oxygen atoms in total. The van der Waals surface area contributed by atoms with Crippen LogP contribution in [0.5, 0.6) is 0 Å². The van der Waals surface area contributed by atoms with Crippen molar-refractivity contribution in [1.82, 2.24) is 10.2 Å². The predicted molar refractivity (Wildman–Crippen MR) is 108 cm³/mol. The molecule has 3 saturated heterocycles. The van der Waals surface area contributed by atoms with Crippen molar-refractivity contribution in [3.05, 3.63) is 34.2 Å². The molecule has 2 bridgehead atoms. The summed E-state index contributed by atoms with van der Waals surface area (Å²) in [6.45, 7) is 7.82. The minimum Gasteiger partial charge on any atom is -0.346 e. The molecule has 5 rings (SSSR count). The smallest absolute Gasteiger partial charge is 0.346 e. The molecule has 3 fully saturated rings. The van der Waals surface area contributed by atoms with Gasteiger partial charge in [0, 0.05) is 16.3 Å². The summed E-state index contributed by atoms with van der Waals surface area (Å²) in [5.41, 5.74) is -0.587. The maximum atomic E-state index is 13.5. The molecule has 4 heterocycles. The fourth-order valence-corrected chi connectivity index (χ4v) is 5.94. The summed E-state index contributed by atoms with van der Waals surface area (Å²) in [5, 5.41) is 3.61. The summed E-state index contributed by atoms with van der Waals surface area (Å²) in [6, 6.07) is 4.72. The fourth-order valence-electron chi connectivity index (χ4n) is 4.76. The predicted octanol–water partition coefficient (Wildman–Crippen LogP) is 5.25. The number of hydrogen-bond acceptors (Lipinski definition) is 3. The molecule has 3 aliphatic rings. The number of aryl methyl sites for hydroxylation is 1. The zero-order chi connectivity index (χ0) is 19.6. The van der Waals surface area contributed by atoms with Gasteiger partial charge in [-0.1, -0.05) is 12.1 Å². The lowest BCUT2D eigenvalue weighted by atomic mass is 9.72. The first-order valence-corrected chi connectivity index (χ1v) is 10.1. The minimum atomic E-state index is -4.43. The zero-order valence-corrected chi connectivity index (χ0v) is 17.7. The summed E-state index contributed by atoms with van der Waals surface area (Å²) in [6.07, 6.45) is -2.32. The maximum absolute atomic E-state index is 13.5. The number of carbonyl (C=O) groups is 1. The third kappa shape index (κ3) is 3.42. The van der Waals surface area contributed by atoms with E-state index in [0.29, 0.717) is 16.2 Å². The summed E-state index contributed by atoms with van der Waals surface area (Å²) in [7, 11) is 0. The summed E-state index contributed by atoms with van der Waals surface area (Å²) < 4.78 is 40.5. The number of halogens is 4. The van der Waals surface area contributed by atoms with Gasteiger partial charge < -0.3 is 5.32 Å². The van der Waals surface area contributed by atoms with E-state index < -0.39 is 11.7 Å². The number of nitrogens with one attached hydrogen (secondary N) is 1. The Balaban J connectivity index is 0.00000225. The molecule has 3 aliphatic heterocycles. The molecule has 1 unspecified atom stereocenters. The quantitative estimate of drug-likeness (QED) is 0.702. The maximum Gasteiger partial charge on any atom is 0.418 e. The first-order chi connectivity index (χ1) is 12.6. The molecule has 1 N–H and O–H groups in total. The molecule has 2 aromatic rings. The van der Waals surface area contributed by atoms with Crippen LogP contribution in [0.4, 0.5) is 13.2 Å². The lowest BCUT2D eigenvalue weighted by molar-refractivity contribution is -0.136. The van der Waals surface area contributed by atoms with E-state index >= 15 is 0 Å². The van der Waals surface area contributed by atoms with E-state index in [1.807, 2.05) is 0 Å². The number of benzene rings is 1. The number of carbonyl (C=O) groups excluding carboxylic acids is 1. The number of thiophene rings is 1. The van der Waals surface area contributed by atoms with E-state index in [1.54, 1.807) is 12.1 Å². The van der Waals surface area contributed by atoms with E-state index in [2.05, 4.69) is 24.1 Å². The minimum absolute atomic E-state index is 0. The van der Waals surface area contributed by atoms with Crippen molar-refractivity contribution in [2.75, 3.05) is 13.1 Å². The van der Waals surface area contributed by atoms with E-state index in [0.717, 1.165) is 37.3 Å². The van der Waals surface area contributed by atoms with Gasteiger partial charge in [0.1, 0.15) is 0 Å². The molecular weight excluding hydrogens is 409 g/mol. The SMILES string of the molecule is Cc1ccc2cc(C(=O)NC3C4CCN(CC4)C3(C)C)sc2c1C(F)(F)F.Cl. The lowest BCUT2D eigenvalue weighted by Crippen LogP contribution is -2.69. The summed E-state index contributed by atoms with van der Waals surface area (Å²) in [5.74, 6) is 0.158. The highest BCUT2D eigenvalue weighted by Gasteiger charge is 2.48. The van der Waals surface area contributed by atoms with Gasteiger partial charge in [0.15, 0.2) is 0 Å². The van der Waals surface area contributed by atoms with Gasteiger partial charge in [0.25, 0.3) is 5.91 Å². The molecule has 0 radical (unpaired) electrons. The number of hydrogen-bond donors (Lipinski definition) is 1. The van der Waals surface area contributed by atoms with Gasteiger partial charge in [-0.15, -0.1) is 23.7 Å². The van der Waals surface area contributed by atoms with Gasteiger partial charge in [0.2, 0.25) is 0 Å². The van der Waals surface area contributed by atoms with Crippen molar-refractivity contribution >= 4 is 39.7 Å². The molecule has 1 aromatic heterocycles. The van der Waals surface area contributed by atoms with Crippen molar-refractivity contribution in [3.63, 3.8) is 0 Å². The normalized spacial score (nSPS) is 26.1. The molecular formula is C20H24ClF3N2OS. The molecule has 0 aliphatic carbocycles. The van der Waals surface area contributed by atoms with Gasteiger partial charge >= 0.3 is 6.18 Å². The number of fused-ring (bicyclic) bond motifs is 4. The Labute approximate surface area is 172 Å². The van der Waals surface area contributed by atoms with E-state index in [-0.39, 0.29) is 40.2 Å². The largest absolute Gasteiger partial charge is 0.418 e. The van der Waals surface area contributed by atoms with Crippen LogP contribution in [0.2, 0.25) is 0 Å². The molecule has 1 amide bonds. The first kappa shape index (κ1) is 21.4. The van der Waals surface area contributed by atoms with Crippen LogP contribution >= 0.6 is 23.7 Å². The second-order valence-electron chi connectivity index (χ2n) is 8.21. The molecule has 8 heteroatoms. The lowest BCUT2D eigenvalue weighted by Gasteiger charge is -2.56. The fraction of sp³-hybridized carbons (Fsp3) is 0.550. The highest BCUT2D eigenvalue weighted by atomic mass is 35.5. The average Bonchev–Trinajstić information content (AvgIpc) is 3.01. The Morgan fingerprint density at radius 2 is 1.89 bits per heavy atom. The van der Waals surface area contributed by atoms with Crippen LogP contribution in [0.3, 0.4) is 0 Å². The molecule has 28 heavy (non-hydrogen) atoms. The van der Waals surface area contributed by atoms with Gasteiger partial charge in [-0.2, -0.15) is 13.2 Å². The van der Waals surface area contributed by atoms with Crippen molar-refractivity contribution in [2.45, 2.75) is 51.4 Å². The topological polar surface area (TPSA) is 32.3 Å². The second kappa shape index (κ2) is 7.18. The van der Waals surface area contributed by atoms with Crippen LogP contribution in [-0.2, 0) is 6.18 Å². The average molecular weight is 433 g/mol. The number of nitrogens with zero attached hydrogens (tertiary/aromatic N) is 1. The second-order valence-corrected chi connectivity index (χ2v) is 9.27. The summed E-state index contributed by atoms with van der Waals surface area (Å²) >= 11 is 0.936. The number of amides is 1. The Morgan fingerprint density at radius 1 is 1.25 bits per heavy atom. The molecule has 1 atom stereocenters. The van der Waals surface area contributed by atoms with Crippen LogP contribution in [0, 0.1) is 12.8 Å². The Bertz CT molecular complexity index is 901. The van der Waals surface area contributed by atoms with Crippen molar-refractivity contribution in [2.24, 2.45) is 5.92 Å².